The van der Waals surface area contributed by atoms with Crippen molar-refractivity contribution in [3.63, 3.8) is 0 Å². The van der Waals surface area contributed by atoms with Gasteiger partial charge in [-0.05, 0) is 28.9 Å². The van der Waals surface area contributed by atoms with E-state index in [0.717, 1.165) is 10.2 Å². The first-order chi connectivity index (χ1) is 5.66. The maximum Gasteiger partial charge on any atom is 0.109 e. The molecule has 1 unspecified atom stereocenters. The Hall–Kier alpha value is -0.390. The van der Waals surface area contributed by atoms with Crippen molar-refractivity contribution >= 4 is 15.9 Å². The normalized spacial score (nSPS) is 13.3. The van der Waals surface area contributed by atoms with E-state index in [0.29, 0.717) is 13.0 Å². The van der Waals surface area contributed by atoms with E-state index in [4.69, 9.17) is 5.73 Å². The minimum absolute atomic E-state index is 0.475. The van der Waals surface area contributed by atoms with Crippen LogP contribution in [0.15, 0.2) is 10.8 Å². The molecule has 0 amide bonds. The molecule has 0 aliphatic rings. The molecular weight excluding hydrogens is 222 g/mol. The van der Waals surface area contributed by atoms with Gasteiger partial charge in [0.05, 0.1) is 12.3 Å². The van der Waals surface area contributed by atoms with Crippen molar-refractivity contribution < 1.29 is 5.11 Å². The number of nitrogens with two attached hydrogens (primary N) is 1. The largest absolute Gasteiger partial charge is 0.388 e. The van der Waals surface area contributed by atoms with Gasteiger partial charge in [-0.15, -0.1) is 0 Å². The van der Waals surface area contributed by atoms with Gasteiger partial charge in [0.1, 0.15) is 4.60 Å². The second-order valence-electron chi connectivity index (χ2n) is 2.61. The van der Waals surface area contributed by atoms with Crippen LogP contribution in [0.4, 0.5) is 0 Å². The van der Waals surface area contributed by atoms with Gasteiger partial charge in [-0.3, -0.25) is 4.68 Å². The lowest BCUT2D eigenvalue weighted by molar-refractivity contribution is 0.169. The number of aryl methyl sites for hydroxylation is 1. The van der Waals surface area contributed by atoms with Gasteiger partial charge in [0.2, 0.25) is 0 Å². The Bertz CT molecular complexity index is 261. The summed E-state index contributed by atoms with van der Waals surface area (Å²) < 4.78 is 2.47. The SMILES string of the molecule is Cn1ncc(C(O)CCN)c1Br. The minimum atomic E-state index is -0.516. The average Bonchev–Trinajstić information content (AvgIpc) is 2.34. The number of aliphatic hydroxyl groups is 1. The Kier molecular flexibility index (Phi) is 3.25. The predicted molar refractivity (Wildman–Crippen MR) is 49.5 cm³/mol. The Morgan fingerprint density at radius 3 is 2.92 bits per heavy atom. The first kappa shape index (κ1) is 9.70. The lowest BCUT2D eigenvalue weighted by Gasteiger charge is -2.06. The molecule has 0 spiro atoms. The number of nitrogens with zero attached hydrogens (tertiary/aromatic N) is 2. The summed E-state index contributed by atoms with van der Waals surface area (Å²) in [5.41, 5.74) is 6.12. The van der Waals surface area contributed by atoms with Crippen molar-refractivity contribution in [3.05, 3.63) is 16.4 Å². The second-order valence-corrected chi connectivity index (χ2v) is 3.36. The van der Waals surface area contributed by atoms with Crippen LogP contribution in [0.1, 0.15) is 18.1 Å². The first-order valence-electron chi connectivity index (χ1n) is 3.72. The van der Waals surface area contributed by atoms with Crippen molar-refractivity contribution in [1.82, 2.24) is 9.78 Å². The first-order valence-corrected chi connectivity index (χ1v) is 4.51. The van der Waals surface area contributed by atoms with Crippen molar-refractivity contribution in [2.75, 3.05) is 6.54 Å². The third-order valence-electron chi connectivity index (χ3n) is 1.69. The number of hydrogen-bond acceptors (Lipinski definition) is 3. The van der Waals surface area contributed by atoms with E-state index in [2.05, 4.69) is 21.0 Å². The number of aliphatic hydroxyl groups excluding tert-OH is 1. The molecule has 0 fully saturated rings. The van der Waals surface area contributed by atoms with E-state index >= 15 is 0 Å². The summed E-state index contributed by atoms with van der Waals surface area (Å²) in [6.07, 6.45) is 1.69. The molecule has 0 saturated heterocycles. The van der Waals surface area contributed by atoms with Crippen LogP contribution in [0.5, 0.6) is 0 Å². The third kappa shape index (κ3) is 1.85. The van der Waals surface area contributed by atoms with Crippen LogP contribution in [-0.4, -0.2) is 21.4 Å². The molecule has 68 valence electrons. The highest BCUT2D eigenvalue weighted by Crippen LogP contribution is 2.23. The summed E-state index contributed by atoms with van der Waals surface area (Å²) in [4.78, 5) is 0. The van der Waals surface area contributed by atoms with Gasteiger partial charge in [-0.25, -0.2) is 0 Å². The maximum atomic E-state index is 9.55. The van der Waals surface area contributed by atoms with E-state index in [-0.39, 0.29) is 0 Å². The molecule has 4 nitrogen and oxygen atoms in total. The molecule has 12 heavy (non-hydrogen) atoms. The van der Waals surface area contributed by atoms with Gasteiger partial charge in [-0.1, -0.05) is 0 Å². The average molecular weight is 234 g/mol. The monoisotopic (exact) mass is 233 g/mol. The van der Waals surface area contributed by atoms with Crippen LogP contribution < -0.4 is 5.73 Å². The number of hydrogen-bond donors (Lipinski definition) is 2. The zero-order chi connectivity index (χ0) is 9.14. The quantitative estimate of drug-likeness (QED) is 0.803. The van der Waals surface area contributed by atoms with Gasteiger partial charge in [-0.2, -0.15) is 5.10 Å². The Labute approximate surface area is 79.5 Å². The van der Waals surface area contributed by atoms with Crippen LogP contribution in [-0.2, 0) is 7.05 Å². The fourth-order valence-electron chi connectivity index (χ4n) is 0.976. The number of rotatable bonds is 3. The van der Waals surface area contributed by atoms with Gasteiger partial charge in [0.15, 0.2) is 0 Å². The van der Waals surface area contributed by atoms with Gasteiger partial charge < -0.3 is 10.8 Å². The molecule has 1 atom stereocenters. The number of aromatic nitrogens is 2. The Morgan fingerprint density at radius 1 is 1.83 bits per heavy atom. The zero-order valence-corrected chi connectivity index (χ0v) is 8.45. The Balaban J connectivity index is 2.80. The summed E-state index contributed by atoms with van der Waals surface area (Å²) in [6.45, 7) is 0.475. The molecule has 0 radical (unpaired) electrons. The smallest absolute Gasteiger partial charge is 0.109 e. The molecule has 0 aliphatic heterocycles. The van der Waals surface area contributed by atoms with Crippen molar-refractivity contribution in [2.45, 2.75) is 12.5 Å². The van der Waals surface area contributed by atoms with Crippen LogP contribution in [0.2, 0.25) is 0 Å². The van der Waals surface area contributed by atoms with Crippen LogP contribution in [0.25, 0.3) is 0 Å². The van der Waals surface area contributed by atoms with Gasteiger partial charge in [0.25, 0.3) is 0 Å². The molecule has 5 heteroatoms. The van der Waals surface area contributed by atoms with E-state index in [1.807, 2.05) is 7.05 Å². The summed E-state index contributed by atoms with van der Waals surface area (Å²) in [7, 11) is 1.81. The molecule has 3 N–H and O–H groups in total. The molecule has 0 aromatic carbocycles. The zero-order valence-electron chi connectivity index (χ0n) is 6.87. The highest BCUT2D eigenvalue weighted by atomic mass is 79.9. The molecule has 1 rings (SSSR count). The molecule has 1 aromatic heterocycles. The molecule has 0 saturated carbocycles. The van der Waals surface area contributed by atoms with Gasteiger partial charge >= 0.3 is 0 Å². The van der Waals surface area contributed by atoms with E-state index < -0.39 is 6.10 Å². The van der Waals surface area contributed by atoms with Crippen molar-refractivity contribution in [1.29, 1.82) is 0 Å². The van der Waals surface area contributed by atoms with E-state index in [1.54, 1.807) is 10.9 Å². The standard InChI is InChI=1S/C7H12BrN3O/c1-11-7(8)5(4-10-11)6(12)2-3-9/h4,6,12H,2-3,9H2,1H3. The third-order valence-corrected chi connectivity index (χ3v) is 2.66. The maximum absolute atomic E-state index is 9.55. The Morgan fingerprint density at radius 2 is 2.50 bits per heavy atom. The molecule has 0 bridgehead atoms. The highest BCUT2D eigenvalue weighted by molar-refractivity contribution is 9.10. The summed E-state index contributed by atoms with van der Waals surface area (Å²) in [5, 5.41) is 13.5. The summed E-state index contributed by atoms with van der Waals surface area (Å²) in [6, 6.07) is 0. The molecule has 1 heterocycles. The van der Waals surface area contributed by atoms with Crippen LogP contribution in [0.3, 0.4) is 0 Å². The van der Waals surface area contributed by atoms with E-state index in [1.165, 1.54) is 0 Å². The van der Waals surface area contributed by atoms with E-state index in [9.17, 15) is 5.11 Å². The topological polar surface area (TPSA) is 64.1 Å². The fraction of sp³-hybridized carbons (Fsp3) is 0.571. The lowest BCUT2D eigenvalue weighted by atomic mass is 10.1. The fourth-order valence-corrected chi connectivity index (χ4v) is 1.43. The van der Waals surface area contributed by atoms with Crippen molar-refractivity contribution in [3.8, 4) is 0 Å². The van der Waals surface area contributed by atoms with Crippen molar-refractivity contribution in [2.24, 2.45) is 12.8 Å². The predicted octanol–water partition coefficient (Wildman–Crippen LogP) is 0.565. The number of halogens is 1. The van der Waals surface area contributed by atoms with Crippen LogP contribution in [0, 0.1) is 0 Å². The molecular formula is C7H12BrN3O. The van der Waals surface area contributed by atoms with Gasteiger partial charge in [0, 0.05) is 12.6 Å². The second kappa shape index (κ2) is 4.02. The lowest BCUT2D eigenvalue weighted by Crippen LogP contribution is -2.06. The minimum Gasteiger partial charge on any atom is -0.388 e. The molecule has 0 aliphatic carbocycles. The highest BCUT2D eigenvalue weighted by Gasteiger charge is 2.13. The summed E-state index contributed by atoms with van der Waals surface area (Å²) >= 11 is 3.32. The molecule has 1 aromatic rings. The summed E-state index contributed by atoms with van der Waals surface area (Å²) in [5.74, 6) is 0. The van der Waals surface area contributed by atoms with Crippen LogP contribution >= 0.6 is 15.9 Å².